The molecule has 0 saturated heterocycles. The van der Waals surface area contributed by atoms with E-state index in [1.54, 1.807) is 28.8 Å². The van der Waals surface area contributed by atoms with Gasteiger partial charge >= 0.3 is 0 Å². The molecule has 2 amide bonds. The van der Waals surface area contributed by atoms with E-state index < -0.39 is 0 Å². The molecule has 2 aromatic carbocycles. The van der Waals surface area contributed by atoms with Crippen molar-refractivity contribution in [2.45, 2.75) is 18.9 Å². The molecule has 1 aliphatic rings. The monoisotopic (exact) mass is 460 g/mol. The normalized spacial score (nSPS) is 13.0. The van der Waals surface area contributed by atoms with E-state index >= 15 is 0 Å². The van der Waals surface area contributed by atoms with E-state index in [0.717, 1.165) is 29.8 Å². The van der Waals surface area contributed by atoms with Crippen LogP contribution in [0.3, 0.4) is 0 Å². The van der Waals surface area contributed by atoms with Crippen molar-refractivity contribution in [3.8, 4) is 11.3 Å². The van der Waals surface area contributed by atoms with Crippen LogP contribution in [0.5, 0.6) is 0 Å². The maximum atomic E-state index is 12.3. The Kier molecular flexibility index (Phi) is 5.66. The Morgan fingerprint density at radius 3 is 2.58 bits per heavy atom. The molecule has 0 radical (unpaired) electrons. The SMILES string of the molecule is O=C(CNC(=O)c1ccc(Nc2nc3cccc(-c4cccc(Cl)c4)n3n2)cc1)NC1CC1. The van der Waals surface area contributed by atoms with Crippen LogP contribution < -0.4 is 16.0 Å². The van der Waals surface area contributed by atoms with Crippen molar-refractivity contribution >= 4 is 40.7 Å². The Morgan fingerprint density at radius 2 is 1.82 bits per heavy atom. The Morgan fingerprint density at radius 1 is 1.03 bits per heavy atom. The molecule has 1 fully saturated rings. The van der Waals surface area contributed by atoms with Gasteiger partial charge in [-0.05, 0) is 61.4 Å². The van der Waals surface area contributed by atoms with Crippen molar-refractivity contribution in [3.05, 3.63) is 77.3 Å². The average Bonchev–Trinajstić information content (AvgIpc) is 3.53. The molecule has 0 spiro atoms. The number of nitrogens with one attached hydrogen (secondary N) is 3. The molecule has 9 heteroatoms. The molecule has 0 bridgehead atoms. The topological polar surface area (TPSA) is 100 Å². The van der Waals surface area contributed by atoms with Gasteiger partial charge in [0.2, 0.25) is 11.9 Å². The lowest BCUT2D eigenvalue weighted by molar-refractivity contribution is -0.120. The summed E-state index contributed by atoms with van der Waals surface area (Å²) in [5.41, 5.74) is 3.69. The standard InChI is InChI=1S/C24H21ClN6O2/c25-17-4-1-3-16(13-17)20-5-2-6-21-29-24(30-31(20)21)28-19-9-7-15(8-10-19)23(33)26-14-22(32)27-18-11-12-18/h1-10,13,18H,11-12,14H2,(H,26,33)(H,27,32)(H,28,30). The third-order valence-corrected chi connectivity index (χ3v) is 5.47. The number of hydrogen-bond donors (Lipinski definition) is 3. The number of aromatic nitrogens is 3. The van der Waals surface area contributed by atoms with Crippen LogP contribution >= 0.6 is 11.6 Å². The van der Waals surface area contributed by atoms with Crippen molar-refractivity contribution in [1.82, 2.24) is 25.2 Å². The second kappa shape index (κ2) is 8.91. The number of nitrogens with zero attached hydrogens (tertiary/aromatic N) is 3. The van der Waals surface area contributed by atoms with Crippen molar-refractivity contribution in [2.75, 3.05) is 11.9 Å². The number of rotatable bonds is 7. The number of anilines is 2. The number of amides is 2. The zero-order valence-electron chi connectivity index (χ0n) is 17.6. The predicted octanol–water partition coefficient (Wildman–Crippen LogP) is 3.80. The molecule has 3 N–H and O–H groups in total. The van der Waals surface area contributed by atoms with Gasteiger partial charge in [0.25, 0.3) is 5.91 Å². The number of carbonyl (C=O) groups is 2. The molecular formula is C24H21ClN6O2. The summed E-state index contributed by atoms with van der Waals surface area (Å²) in [6, 6.07) is 20.5. The largest absolute Gasteiger partial charge is 0.352 e. The second-order valence-corrected chi connectivity index (χ2v) is 8.29. The quantitative estimate of drug-likeness (QED) is 0.389. The lowest BCUT2D eigenvalue weighted by atomic mass is 10.1. The minimum Gasteiger partial charge on any atom is -0.352 e. The van der Waals surface area contributed by atoms with Gasteiger partial charge in [-0.3, -0.25) is 9.59 Å². The van der Waals surface area contributed by atoms with Gasteiger partial charge in [-0.15, -0.1) is 5.10 Å². The van der Waals surface area contributed by atoms with E-state index in [4.69, 9.17) is 11.6 Å². The van der Waals surface area contributed by atoms with Crippen LogP contribution in [0.4, 0.5) is 11.6 Å². The second-order valence-electron chi connectivity index (χ2n) is 7.85. The molecule has 2 aromatic heterocycles. The van der Waals surface area contributed by atoms with Crippen LogP contribution in [-0.2, 0) is 4.79 Å². The maximum absolute atomic E-state index is 12.3. The smallest absolute Gasteiger partial charge is 0.251 e. The zero-order chi connectivity index (χ0) is 22.8. The Balaban J connectivity index is 1.27. The van der Waals surface area contributed by atoms with Crippen LogP contribution in [-0.4, -0.2) is 39.0 Å². The van der Waals surface area contributed by atoms with E-state index in [9.17, 15) is 9.59 Å². The number of fused-ring (bicyclic) bond motifs is 1. The molecular weight excluding hydrogens is 440 g/mol. The lowest BCUT2D eigenvalue weighted by Gasteiger charge is -2.07. The molecule has 1 saturated carbocycles. The van der Waals surface area contributed by atoms with E-state index in [1.165, 1.54) is 0 Å². The van der Waals surface area contributed by atoms with Crippen molar-refractivity contribution in [3.63, 3.8) is 0 Å². The molecule has 4 aromatic rings. The van der Waals surface area contributed by atoms with Gasteiger partial charge < -0.3 is 16.0 Å². The fourth-order valence-corrected chi connectivity index (χ4v) is 3.62. The molecule has 8 nitrogen and oxygen atoms in total. The van der Waals surface area contributed by atoms with Gasteiger partial charge in [0.1, 0.15) is 0 Å². The van der Waals surface area contributed by atoms with Crippen molar-refractivity contribution in [2.24, 2.45) is 0 Å². The summed E-state index contributed by atoms with van der Waals surface area (Å²) in [7, 11) is 0. The maximum Gasteiger partial charge on any atom is 0.251 e. The summed E-state index contributed by atoms with van der Waals surface area (Å²) >= 11 is 6.15. The highest BCUT2D eigenvalue weighted by Crippen LogP contribution is 2.24. The average molecular weight is 461 g/mol. The molecule has 33 heavy (non-hydrogen) atoms. The molecule has 0 unspecified atom stereocenters. The first-order valence-electron chi connectivity index (χ1n) is 10.6. The van der Waals surface area contributed by atoms with Gasteiger partial charge in [-0.25, -0.2) is 4.52 Å². The number of halogens is 1. The summed E-state index contributed by atoms with van der Waals surface area (Å²) in [4.78, 5) is 28.6. The third-order valence-electron chi connectivity index (χ3n) is 5.24. The number of hydrogen-bond acceptors (Lipinski definition) is 5. The van der Waals surface area contributed by atoms with Gasteiger partial charge in [-0.1, -0.05) is 29.8 Å². The van der Waals surface area contributed by atoms with Crippen LogP contribution in [0.1, 0.15) is 23.2 Å². The fourth-order valence-electron chi connectivity index (χ4n) is 3.43. The minimum atomic E-state index is -0.301. The predicted molar refractivity (Wildman–Crippen MR) is 127 cm³/mol. The minimum absolute atomic E-state index is 0.0323. The number of benzene rings is 2. The van der Waals surface area contributed by atoms with Gasteiger partial charge in [0, 0.05) is 27.9 Å². The Bertz CT molecular complexity index is 1330. The fraction of sp³-hybridized carbons (Fsp3) is 0.167. The van der Waals surface area contributed by atoms with Gasteiger partial charge in [0.15, 0.2) is 5.65 Å². The van der Waals surface area contributed by atoms with E-state index in [1.807, 2.05) is 42.5 Å². The summed E-state index contributed by atoms with van der Waals surface area (Å²) in [6.07, 6.45) is 2.02. The van der Waals surface area contributed by atoms with Gasteiger partial charge in [-0.2, -0.15) is 4.98 Å². The van der Waals surface area contributed by atoms with Crippen LogP contribution in [0, 0.1) is 0 Å². The first-order valence-corrected chi connectivity index (χ1v) is 11.0. The van der Waals surface area contributed by atoms with Crippen LogP contribution in [0.2, 0.25) is 5.02 Å². The molecule has 0 atom stereocenters. The Labute approximate surface area is 195 Å². The molecule has 2 heterocycles. The van der Waals surface area contributed by atoms with Crippen LogP contribution in [0.15, 0.2) is 66.7 Å². The lowest BCUT2D eigenvalue weighted by Crippen LogP contribution is -2.37. The Hall–Kier alpha value is -3.91. The third kappa shape index (κ3) is 4.96. The van der Waals surface area contributed by atoms with E-state index in [2.05, 4.69) is 26.0 Å². The first-order chi connectivity index (χ1) is 16.0. The molecule has 1 aliphatic carbocycles. The van der Waals surface area contributed by atoms with Crippen molar-refractivity contribution < 1.29 is 9.59 Å². The first kappa shape index (κ1) is 21.0. The van der Waals surface area contributed by atoms with Crippen LogP contribution in [0.25, 0.3) is 16.9 Å². The molecule has 166 valence electrons. The number of carbonyl (C=O) groups excluding carboxylic acids is 2. The van der Waals surface area contributed by atoms with Crippen molar-refractivity contribution in [1.29, 1.82) is 0 Å². The highest BCUT2D eigenvalue weighted by Gasteiger charge is 2.23. The highest BCUT2D eigenvalue weighted by molar-refractivity contribution is 6.30. The van der Waals surface area contributed by atoms with E-state index in [-0.39, 0.29) is 24.4 Å². The molecule has 5 rings (SSSR count). The highest BCUT2D eigenvalue weighted by atomic mass is 35.5. The zero-order valence-corrected chi connectivity index (χ0v) is 18.3. The summed E-state index contributed by atoms with van der Waals surface area (Å²) in [6.45, 7) is -0.0323. The summed E-state index contributed by atoms with van der Waals surface area (Å²) in [5.74, 6) is -0.0397. The molecule has 0 aliphatic heterocycles. The summed E-state index contributed by atoms with van der Waals surface area (Å²) < 4.78 is 1.75. The van der Waals surface area contributed by atoms with Gasteiger partial charge in [0.05, 0.1) is 12.2 Å². The summed E-state index contributed by atoms with van der Waals surface area (Å²) in [5, 5.41) is 13.9. The van der Waals surface area contributed by atoms with E-state index in [0.29, 0.717) is 22.2 Å². The number of pyridine rings is 1.